The molecule has 2 atom stereocenters. The molecule has 206 valence electrons. The maximum atomic E-state index is 12.9. The van der Waals surface area contributed by atoms with Crippen molar-refractivity contribution in [1.29, 1.82) is 0 Å². The first kappa shape index (κ1) is 28.9. The van der Waals surface area contributed by atoms with Gasteiger partial charge in [0.25, 0.3) is 5.91 Å². The van der Waals surface area contributed by atoms with Crippen LogP contribution < -0.4 is 16.2 Å². The van der Waals surface area contributed by atoms with Crippen molar-refractivity contribution >= 4 is 40.6 Å². The molecule has 39 heavy (non-hydrogen) atoms. The van der Waals surface area contributed by atoms with E-state index >= 15 is 0 Å². The fraction of sp³-hybridized carbons (Fsp3) is 0.296. The number of fused-ring (bicyclic) bond motifs is 1. The highest BCUT2D eigenvalue weighted by molar-refractivity contribution is 6.08. The number of rotatable bonds is 12. The molecule has 2 aromatic carbocycles. The van der Waals surface area contributed by atoms with Crippen LogP contribution in [0.2, 0.25) is 0 Å². The third-order valence-electron chi connectivity index (χ3n) is 6.14. The van der Waals surface area contributed by atoms with Crippen molar-refractivity contribution in [2.24, 2.45) is 11.8 Å². The van der Waals surface area contributed by atoms with Crippen LogP contribution in [0.5, 0.6) is 0 Å². The van der Waals surface area contributed by atoms with Crippen molar-refractivity contribution in [1.82, 2.24) is 15.5 Å². The lowest BCUT2D eigenvalue weighted by molar-refractivity contribution is -0.143. The van der Waals surface area contributed by atoms with Crippen LogP contribution in [0, 0.1) is 11.8 Å². The Bertz CT molecular complexity index is 1400. The molecule has 3 amide bonds. The van der Waals surface area contributed by atoms with E-state index in [1.165, 1.54) is 40.6 Å². The van der Waals surface area contributed by atoms with E-state index in [2.05, 4.69) is 10.7 Å². The molecular formula is C27H30N4O8. The van der Waals surface area contributed by atoms with Crippen LogP contribution in [0.1, 0.15) is 53.0 Å². The summed E-state index contributed by atoms with van der Waals surface area (Å²) >= 11 is 0. The van der Waals surface area contributed by atoms with E-state index in [1.807, 2.05) is 13.8 Å². The third-order valence-corrected chi connectivity index (χ3v) is 6.14. The molecule has 0 radical (unpaired) electrons. The second-order valence-electron chi connectivity index (χ2n) is 9.50. The first-order valence-corrected chi connectivity index (χ1v) is 12.2. The number of hydrogen-bond donors (Lipinski definition) is 6. The van der Waals surface area contributed by atoms with E-state index < -0.39 is 41.6 Å². The molecule has 1 unspecified atom stereocenters. The van der Waals surface area contributed by atoms with E-state index in [9.17, 15) is 34.2 Å². The lowest BCUT2D eigenvalue weighted by atomic mass is 9.92. The molecule has 0 aliphatic rings. The summed E-state index contributed by atoms with van der Waals surface area (Å²) in [6, 6.07) is 11.3. The summed E-state index contributed by atoms with van der Waals surface area (Å²) in [6.07, 6.45) is 1.36. The molecule has 0 bridgehead atoms. The van der Waals surface area contributed by atoms with Crippen molar-refractivity contribution in [3.8, 4) is 0 Å². The number of carbonyl (C=O) groups excluding carboxylic acids is 3. The fourth-order valence-electron chi connectivity index (χ4n) is 4.37. The van der Waals surface area contributed by atoms with Crippen molar-refractivity contribution in [3.05, 3.63) is 71.4 Å². The summed E-state index contributed by atoms with van der Waals surface area (Å²) in [5, 5.41) is 31.3. The molecule has 0 saturated heterocycles. The van der Waals surface area contributed by atoms with Gasteiger partial charge in [0, 0.05) is 30.3 Å². The van der Waals surface area contributed by atoms with Gasteiger partial charge in [0.1, 0.15) is 6.04 Å². The molecule has 1 aromatic heterocycles. The minimum absolute atomic E-state index is 0.0309. The van der Waals surface area contributed by atoms with Crippen molar-refractivity contribution in [3.63, 3.8) is 0 Å². The number of amides is 3. The zero-order valence-corrected chi connectivity index (χ0v) is 21.4. The van der Waals surface area contributed by atoms with Gasteiger partial charge in [-0.05, 0) is 36.1 Å². The molecule has 0 fully saturated rings. The largest absolute Gasteiger partial charge is 0.480 e. The van der Waals surface area contributed by atoms with E-state index in [1.54, 1.807) is 24.3 Å². The molecule has 3 rings (SSSR count). The maximum Gasteiger partial charge on any atom is 0.336 e. The Balaban J connectivity index is 1.88. The number of benzene rings is 2. The zero-order valence-electron chi connectivity index (χ0n) is 21.4. The topological polar surface area (TPSA) is 187 Å². The van der Waals surface area contributed by atoms with Crippen LogP contribution in [0.4, 0.5) is 0 Å². The Morgan fingerprint density at radius 1 is 0.923 bits per heavy atom. The monoisotopic (exact) mass is 538 g/mol. The number of hydroxylamine groups is 1. The summed E-state index contributed by atoms with van der Waals surface area (Å²) in [5.74, 6) is -5.45. The standard InChI is InChI=1S/C27H30N4O8/c1-15(2)11-16(13-23(32)30-39)24(33)28-21(27(37)38)12-17-14-31(22-10-6-5-7-18(17)22)29-25(34)19-8-3-4-9-20(19)26(35)36/h3-10,14-16,21,39H,11-13H2,1-2H3,(H,28,33)(H,29,34)(H,30,32)(H,35,36)(H,37,38)/t16?,21-/m0/s1. The minimum Gasteiger partial charge on any atom is -0.480 e. The van der Waals surface area contributed by atoms with Crippen LogP contribution in [0.3, 0.4) is 0 Å². The molecule has 0 spiro atoms. The summed E-state index contributed by atoms with van der Waals surface area (Å²) in [7, 11) is 0. The van der Waals surface area contributed by atoms with Gasteiger partial charge >= 0.3 is 11.9 Å². The number of aromatic nitrogens is 1. The molecular weight excluding hydrogens is 508 g/mol. The third kappa shape index (κ3) is 7.20. The van der Waals surface area contributed by atoms with Gasteiger partial charge < -0.3 is 15.5 Å². The van der Waals surface area contributed by atoms with Gasteiger partial charge in [-0.2, -0.15) is 0 Å². The first-order chi connectivity index (χ1) is 18.5. The number of aliphatic carboxylic acids is 1. The van der Waals surface area contributed by atoms with E-state index in [0.717, 1.165) is 0 Å². The maximum absolute atomic E-state index is 12.9. The van der Waals surface area contributed by atoms with Gasteiger partial charge in [-0.1, -0.05) is 44.2 Å². The molecule has 0 aliphatic heterocycles. The van der Waals surface area contributed by atoms with Gasteiger partial charge in [-0.15, -0.1) is 0 Å². The number of carbonyl (C=O) groups is 5. The van der Waals surface area contributed by atoms with Gasteiger partial charge in [0.05, 0.1) is 16.6 Å². The van der Waals surface area contributed by atoms with E-state index in [-0.39, 0.29) is 29.9 Å². The summed E-state index contributed by atoms with van der Waals surface area (Å²) in [6.45, 7) is 3.70. The van der Waals surface area contributed by atoms with Gasteiger partial charge in [-0.3, -0.25) is 29.7 Å². The lowest BCUT2D eigenvalue weighted by Crippen LogP contribution is -2.46. The van der Waals surface area contributed by atoms with E-state index in [4.69, 9.17) is 5.21 Å². The van der Waals surface area contributed by atoms with Crippen molar-refractivity contribution < 1.29 is 39.4 Å². The Morgan fingerprint density at radius 3 is 2.18 bits per heavy atom. The van der Waals surface area contributed by atoms with Gasteiger partial charge in [0.15, 0.2) is 0 Å². The average molecular weight is 539 g/mol. The molecule has 12 heteroatoms. The Kier molecular flexibility index (Phi) is 9.39. The smallest absolute Gasteiger partial charge is 0.336 e. The lowest BCUT2D eigenvalue weighted by Gasteiger charge is -2.21. The van der Waals surface area contributed by atoms with E-state index in [0.29, 0.717) is 22.9 Å². The summed E-state index contributed by atoms with van der Waals surface area (Å²) in [5.41, 5.74) is 4.93. The molecule has 6 N–H and O–H groups in total. The highest BCUT2D eigenvalue weighted by atomic mass is 16.5. The Labute approximate surface area is 223 Å². The number of carboxylic acid groups (broad SMARTS) is 2. The van der Waals surface area contributed by atoms with Crippen molar-refractivity contribution in [2.45, 2.75) is 39.2 Å². The number of carboxylic acids is 2. The molecule has 0 saturated carbocycles. The fourth-order valence-corrected chi connectivity index (χ4v) is 4.37. The van der Waals surface area contributed by atoms with Crippen LogP contribution in [-0.2, 0) is 20.8 Å². The number of para-hydroxylation sites is 1. The highest BCUT2D eigenvalue weighted by Crippen LogP contribution is 2.23. The highest BCUT2D eigenvalue weighted by Gasteiger charge is 2.29. The zero-order chi connectivity index (χ0) is 28.7. The van der Waals surface area contributed by atoms with Crippen LogP contribution >= 0.6 is 0 Å². The molecule has 0 aliphatic carbocycles. The normalized spacial score (nSPS) is 12.5. The number of hydrogen-bond acceptors (Lipinski definition) is 6. The minimum atomic E-state index is -1.35. The Morgan fingerprint density at radius 2 is 1.56 bits per heavy atom. The van der Waals surface area contributed by atoms with Gasteiger partial charge in [-0.25, -0.2) is 15.1 Å². The second kappa shape index (κ2) is 12.7. The van der Waals surface area contributed by atoms with Crippen LogP contribution in [0.25, 0.3) is 10.9 Å². The van der Waals surface area contributed by atoms with Gasteiger partial charge in [0.2, 0.25) is 11.8 Å². The molecule has 3 aromatic rings. The molecule has 12 nitrogen and oxygen atoms in total. The number of nitrogens with zero attached hydrogens (tertiary/aromatic N) is 1. The predicted octanol–water partition coefficient (Wildman–Crippen LogP) is 2.39. The SMILES string of the molecule is CC(C)CC(CC(=O)NO)C(=O)N[C@@H](Cc1cn(NC(=O)c2ccccc2C(=O)O)c2ccccc12)C(=O)O. The van der Waals surface area contributed by atoms with Crippen molar-refractivity contribution in [2.75, 3.05) is 5.43 Å². The van der Waals surface area contributed by atoms with Crippen LogP contribution in [-0.4, -0.2) is 55.8 Å². The number of nitrogens with one attached hydrogen (secondary N) is 3. The first-order valence-electron chi connectivity index (χ1n) is 12.2. The van der Waals surface area contributed by atoms with Crippen LogP contribution in [0.15, 0.2) is 54.7 Å². The quantitative estimate of drug-likeness (QED) is 0.150. The number of aromatic carboxylic acids is 1. The average Bonchev–Trinajstić information content (AvgIpc) is 3.24. The summed E-state index contributed by atoms with van der Waals surface area (Å²) in [4.78, 5) is 61.2. The summed E-state index contributed by atoms with van der Waals surface area (Å²) < 4.78 is 1.37. The predicted molar refractivity (Wildman–Crippen MR) is 140 cm³/mol. The Hall–Kier alpha value is -4.71. The second-order valence-corrected chi connectivity index (χ2v) is 9.50. The molecule has 1 heterocycles.